The summed E-state index contributed by atoms with van der Waals surface area (Å²) in [5, 5.41) is 9.14. The second-order valence-corrected chi connectivity index (χ2v) is 8.43. The van der Waals surface area contributed by atoms with E-state index in [1.807, 2.05) is 13.8 Å². The zero-order valence-electron chi connectivity index (χ0n) is 16.0. The number of rotatable bonds is 10. The van der Waals surface area contributed by atoms with Crippen LogP contribution in [0.25, 0.3) is 0 Å². The van der Waals surface area contributed by atoms with Crippen molar-refractivity contribution in [2.24, 2.45) is 17.8 Å². The van der Waals surface area contributed by atoms with E-state index in [0.717, 1.165) is 31.6 Å². The molecule has 4 heteroatoms. The molecule has 0 aromatic carbocycles. The summed E-state index contributed by atoms with van der Waals surface area (Å²) in [7, 11) is 0. The summed E-state index contributed by atoms with van der Waals surface area (Å²) in [4.78, 5) is 23.5. The predicted molar refractivity (Wildman–Crippen MR) is 95.8 cm³/mol. The average Bonchev–Trinajstić information content (AvgIpc) is 2.50. The summed E-state index contributed by atoms with van der Waals surface area (Å²) in [6.07, 6.45) is 9.58. The van der Waals surface area contributed by atoms with Crippen LogP contribution in [-0.4, -0.2) is 22.6 Å². The fraction of sp³-hybridized carbons (Fsp3) is 0.900. The highest BCUT2D eigenvalue weighted by atomic mass is 16.6. The summed E-state index contributed by atoms with van der Waals surface area (Å²) in [5.41, 5.74) is -0.453. The van der Waals surface area contributed by atoms with E-state index < -0.39 is 11.6 Å². The third kappa shape index (κ3) is 8.16. The van der Waals surface area contributed by atoms with Gasteiger partial charge < -0.3 is 9.84 Å². The normalized spacial score (nSPS) is 21.7. The third-order valence-corrected chi connectivity index (χ3v) is 5.04. The van der Waals surface area contributed by atoms with Crippen LogP contribution in [0.1, 0.15) is 91.9 Å². The topological polar surface area (TPSA) is 63.6 Å². The number of carboxylic acids is 1. The lowest BCUT2D eigenvalue weighted by molar-refractivity contribution is -0.164. The van der Waals surface area contributed by atoms with Crippen molar-refractivity contribution < 1.29 is 19.4 Å². The third-order valence-electron chi connectivity index (χ3n) is 5.04. The number of hydrogen-bond acceptors (Lipinski definition) is 3. The molecule has 0 radical (unpaired) electrons. The highest BCUT2D eigenvalue weighted by molar-refractivity contribution is 5.75. The molecule has 0 spiro atoms. The summed E-state index contributed by atoms with van der Waals surface area (Å²) in [6.45, 7) is 8.44. The van der Waals surface area contributed by atoms with Crippen molar-refractivity contribution in [2.75, 3.05) is 0 Å². The van der Waals surface area contributed by atoms with Gasteiger partial charge in [-0.1, -0.05) is 46.0 Å². The van der Waals surface area contributed by atoms with Gasteiger partial charge in [0.1, 0.15) is 5.60 Å². The summed E-state index contributed by atoms with van der Waals surface area (Å²) >= 11 is 0. The largest absolute Gasteiger partial charge is 0.481 e. The molecule has 1 saturated carbocycles. The zero-order valence-corrected chi connectivity index (χ0v) is 16.0. The SMILES string of the molecule is CC(C)CCCCCCC(C)(C)OC(=O)C1CCCC(C(=O)O)C1. The molecule has 1 aliphatic carbocycles. The van der Waals surface area contributed by atoms with Crippen LogP contribution in [0.2, 0.25) is 0 Å². The van der Waals surface area contributed by atoms with Gasteiger partial charge in [-0.3, -0.25) is 9.59 Å². The molecule has 1 rings (SSSR count). The fourth-order valence-electron chi connectivity index (χ4n) is 3.49. The monoisotopic (exact) mass is 340 g/mol. The highest BCUT2D eigenvalue weighted by Crippen LogP contribution is 2.32. The van der Waals surface area contributed by atoms with E-state index in [-0.39, 0.29) is 17.8 Å². The van der Waals surface area contributed by atoms with Gasteiger partial charge in [0.15, 0.2) is 0 Å². The lowest BCUT2D eigenvalue weighted by atomic mass is 9.81. The van der Waals surface area contributed by atoms with Crippen molar-refractivity contribution in [2.45, 2.75) is 97.5 Å². The van der Waals surface area contributed by atoms with E-state index in [0.29, 0.717) is 12.8 Å². The second-order valence-electron chi connectivity index (χ2n) is 8.43. The molecule has 2 unspecified atom stereocenters. The molecular formula is C20H36O4. The van der Waals surface area contributed by atoms with Crippen LogP contribution in [0.15, 0.2) is 0 Å². The molecule has 0 saturated heterocycles. The van der Waals surface area contributed by atoms with E-state index >= 15 is 0 Å². The number of esters is 1. The minimum absolute atomic E-state index is 0.203. The Balaban J connectivity index is 2.29. The molecule has 0 bridgehead atoms. The summed E-state index contributed by atoms with van der Waals surface area (Å²) in [6, 6.07) is 0. The number of unbranched alkanes of at least 4 members (excludes halogenated alkanes) is 3. The molecule has 4 nitrogen and oxygen atoms in total. The Bertz CT molecular complexity index is 400. The standard InChI is InChI=1S/C20H36O4/c1-15(2)10-7-5-6-8-13-20(3,4)24-19(23)17-12-9-11-16(14-17)18(21)22/h15-17H,5-14H2,1-4H3,(H,21,22). The van der Waals surface area contributed by atoms with Crippen LogP contribution >= 0.6 is 0 Å². The van der Waals surface area contributed by atoms with Crippen LogP contribution in [0.4, 0.5) is 0 Å². The number of carbonyl (C=O) groups is 2. The van der Waals surface area contributed by atoms with Gasteiger partial charge in [0.25, 0.3) is 0 Å². The Morgan fingerprint density at radius 1 is 1.08 bits per heavy atom. The van der Waals surface area contributed by atoms with Crippen molar-refractivity contribution in [1.82, 2.24) is 0 Å². The van der Waals surface area contributed by atoms with E-state index in [1.165, 1.54) is 25.7 Å². The van der Waals surface area contributed by atoms with Crippen molar-refractivity contribution in [3.63, 3.8) is 0 Å². The fourth-order valence-corrected chi connectivity index (χ4v) is 3.49. The Morgan fingerprint density at radius 3 is 2.33 bits per heavy atom. The van der Waals surface area contributed by atoms with E-state index in [2.05, 4.69) is 13.8 Å². The maximum Gasteiger partial charge on any atom is 0.309 e. The van der Waals surface area contributed by atoms with Gasteiger partial charge in [-0.25, -0.2) is 0 Å². The van der Waals surface area contributed by atoms with Crippen molar-refractivity contribution in [3.8, 4) is 0 Å². The first kappa shape index (κ1) is 21.0. The van der Waals surface area contributed by atoms with Gasteiger partial charge in [-0.15, -0.1) is 0 Å². The van der Waals surface area contributed by atoms with Gasteiger partial charge in [0, 0.05) is 0 Å². The molecule has 1 fully saturated rings. The van der Waals surface area contributed by atoms with E-state index in [1.54, 1.807) is 0 Å². The smallest absolute Gasteiger partial charge is 0.309 e. The Hall–Kier alpha value is -1.06. The first-order valence-electron chi connectivity index (χ1n) is 9.67. The number of carbonyl (C=O) groups excluding carboxylic acids is 1. The van der Waals surface area contributed by atoms with Crippen LogP contribution in [0, 0.1) is 17.8 Å². The first-order valence-corrected chi connectivity index (χ1v) is 9.67. The van der Waals surface area contributed by atoms with Crippen LogP contribution in [0.5, 0.6) is 0 Å². The second kappa shape index (κ2) is 10.0. The van der Waals surface area contributed by atoms with E-state index in [4.69, 9.17) is 9.84 Å². The molecule has 0 amide bonds. The molecule has 1 N–H and O–H groups in total. The molecule has 0 aliphatic heterocycles. The zero-order chi connectivity index (χ0) is 18.2. The molecule has 2 atom stereocenters. The van der Waals surface area contributed by atoms with Crippen molar-refractivity contribution in [3.05, 3.63) is 0 Å². The van der Waals surface area contributed by atoms with Crippen LogP contribution in [-0.2, 0) is 14.3 Å². The quantitative estimate of drug-likeness (QED) is 0.439. The molecule has 0 aromatic rings. The van der Waals surface area contributed by atoms with Gasteiger partial charge in [-0.2, -0.15) is 0 Å². The molecule has 140 valence electrons. The number of ether oxygens (including phenoxy) is 1. The highest BCUT2D eigenvalue weighted by Gasteiger charge is 2.34. The summed E-state index contributed by atoms with van der Waals surface area (Å²) < 4.78 is 5.72. The van der Waals surface area contributed by atoms with E-state index in [9.17, 15) is 9.59 Å². The Labute approximate surface area is 147 Å². The first-order chi connectivity index (χ1) is 11.2. The van der Waals surface area contributed by atoms with Gasteiger partial charge in [-0.05, 0) is 51.9 Å². The minimum Gasteiger partial charge on any atom is -0.481 e. The van der Waals surface area contributed by atoms with Gasteiger partial charge in [0.2, 0.25) is 0 Å². The van der Waals surface area contributed by atoms with Crippen molar-refractivity contribution in [1.29, 1.82) is 0 Å². The molecule has 0 heterocycles. The Morgan fingerprint density at radius 2 is 1.71 bits per heavy atom. The number of aliphatic carboxylic acids is 1. The maximum atomic E-state index is 12.4. The molecular weight excluding hydrogens is 304 g/mol. The molecule has 24 heavy (non-hydrogen) atoms. The Kier molecular flexibility index (Phi) is 8.79. The van der Waals surface area contributed by atoms with Gasteiger partial charge in [0.05, 0.1) is 11.8 Å². The van der Waals surface area contributed by atoms with Crippen LogP contribution < -0.4 is 0 Å². The maximum absolute atomic E-state index is 12.4. The predicted octanol–water partition coefficient (Wildman–Crippen LogP) is 5.20. The molecule has 0 aromatic heterocycles. The minimum atomic E-state index is -0.784. The van der Waals surface area contributed by atoms with Crippen molar-refractivity contribution >= 4 is 11.9 Å². The average molecular weight is 341 g/mol. The lowest BCUT2D eigenvalue weighted by Crippen LogP contribution is -2.34. The van der Waals surface area contributed by atoms with Gasteiger partial charge >= 0.3 is 11.9 Å². The van der Waals surface area contributed by atoms with Crippen LogP contribution in [0.3, 0.4) is 0 Å². The summed E-state index contributed by atoms with van der Waals surface area (Å²) in [5.74, 6) is -0.850. The lowest BCUT2D eigenvalue weighted by Gasteiger charge is -2.30. The molecule has 1 aliphatic rings. The number of carboxylic acid groups (broad SMARTS) is 1. The number of hydrogen-bond donors (Lipinski definition) is 1.